The van der Waals surface area contributed by atoms with Crippen LogP contribution >= 0.6 is 0 Å². The van der Waals surface area contributed by atoms with Crippen molar-refractivity contribution in [2.75, 3.05) is 0 Å². The summed E-state index contributed by atoms with van der Waals surface area (Å²) in [4.78, 5) is 23.5. The third kappa shape index (κ3) is 3.05. The number of carbonyl (C=O) groups is 1. The van der Waals surface area contributed by atoms with Gasteiger partial charge in [-0.3, -0.25) is 0 Å². The quantitative estimate of drug-likeness (QED) is 0.512. The van der Waals surface area contributed by atoms with Crippen molar-refractivity contribution in [1.29, 1.82) is 0 Å². The average Bonchev–Trinajstić information content (AvgIpc) is 2.55. The van der Waals surface area contributed by atoms with Gasteiger partial charge in [-0.25, -0.2) is 9.59 Å². The van der Waals surface area contributed by atoms with E-state index in [4.69, 9.17) is 13.9 Å². The van der Waals surface area contributed by atoms with Gasteiger partial charge < -0.3 is 19.0 Å². The van der Waals surface area contributed by atoms with Crippen molar-refractivity contribution in [3.8, 4) is 5.75 Å². The first-order valence-corrected chi connectivity index (χ1v) is 8.01. The summed E-state index contributed by atoms with van der Waals surface area (Å²) < 4.78 is 16.6. The van der Waals surface area contributed by atoms with E-state index in [0.717, 1.165) is 0 Å². The zero-order valence-corrected chi connectivity index (χ0v) is 14.5. The van der Waals surface area contributed by atoms with Crippen LogP contribution in [0.1, 0.15) is 39.4 Å². The van der Waals surface area contributed by atoms with Crippen LogP contribution in [-0.2, 0) is 9.53 Å². The van der Waals surface area contributed by atoms with E-state index in [2.05, 4.69) is 0 Å². The lowest BCUT2D eigenvalue weighted by molar-refractivity contribution is -0.173. The molecule has 0 saturated carbocycles. The molecule has 0 amide bonds. The predicted octanol–water partition coefficient (Wildman–Crippen LogP) is 2.88. The summed E-state index contributed by atoms with van der Waals surface area (Å²) in [6.45, 7) is 6.85. The van der Waals surface area contributed by atoms with Crippen LogP contribution in [0.4, 0.5) is 0 Å². The van der Waals surface area contributed by atoms with Crippen LogP contribution in [0.25, 0.3) is 11.0 Å². The van der Waals surface area contributed by atoms with Crippen LogP contribution in [0.2, 0.25) is 0 Å². The second-order valence-corrected chi connectivity index (χ2v) is 6.63. The highest BCUT2D eigenvalue weighted by Crippen LogP contribution is 2.43. The second kappa shape index (κ2) is 6.04. The summed E-state index contributed by atoms with van der Waals surface area (Å²) in [7, 11) is 0. The molecular weight excluding hydrogens is 324 g/mol. The number of allylic oxidation sites excluding steroid dienone is 1. The molecule has 0 spiro atoms. The lowest BCUT2D eigenvalue weighted by Crippen LogP contribution is -2.51. The van der Waals surface area contributed by atoms with Gasteiger partial charge in [0.1, 0.15) is 23.0 Å². The maximum absolute atomic E-state index is 12.1. The van der Waals surface area contributed by atoms with E-state index in [1.807, 2.05) is 0 Å². The van der Waals surface area contributed by atoms with E-state index in [0.29, 0.717) is 27.9 Å². The number of fused-ring (bicyclic) bond motifs is 2. The largest absolute Gasteiger partial charge is 0.483 e. The van der Waals surface area contributed by atoms with Crippen molar-refractivity contribution < 1.29 is 23.8 Å². The number of hydrogen-bond acceptors (Lipinski definition) is 6. The first kappa shape index (κ1) is 17.2. The lowest BCUT2D eigenvalue weighted by atomic mass is 9.87. The third-order valence-electron chi connectivity index (χ3n) is 4.40. The molecule has 0 aliphatic carbocycles. The van der Waals surface area contributed by atoms with Crippen LogP contribution in [-0.4, -0.2) is 22.8 Å². The molecule has 1 aromatic heterocycles. The van der Waals surface area contributed by atoms with Crippen LogP contribution < -0.4 is 10.4 Å². The van der Waals surface area contributed by atoms with Gasteiger partial charge in [-0.2, -0.15) is 0 Å². The van der Waals surface area contributed by atoms with Crippen LogP contribution in [0.15, 0.2) is 45.1 Å². The second-order valence-electron chi connectivity index (χ2n) is 6.63. The Balaban J connectivity index is 2.05. The van der Waals surface area contributed by atoms with Crippen molar-refractivity contribution in [3.05, 3.63) is 51.9 Å². The SMILES string of the molecule is C/C=C(/C)C(=O)O[C@H]1[C@H](O)c2cc3ccc(=O)oc3cc2OC1(C)C. The zero-order chi connectivity index (χ0) is 18.4. The van der Waals surface area contributed by atoms with Gasteiger partial charge in [-0.05, 0) is 39.8 Å². The summed E-state index contributed by atoms with van der Waals surface area (Å²) >= 11 is 0. The topological polar surface area (TPSA) is 86.0 Å². The fourth-order valence-corrected chi connectivity index (χ4v) is 2.85. The molecule has 0 bridgehead atoms. The van der Waals surface area contributed by atoms with E-state index >= 15 is 0 Å². The van der Waals surface area contributed by atoms with Crippen LogP contribution in [0.3, 0.4) is 0 Å². The molecule has 0 fully saturated rings. The van der Waals surface area contributed by atoms with Gasteiger partial charge >= 0.3 is 11.6 Å². The molecular formula is C19H20O6. The van der Waals surface area contributed by atoms with Crippen molar-refractivity contribution in [1.82, 2.24) is 0 Å². The molecule has 1 aliphatic rings. The Labute approximate surface area is 144 Å². The van der Waals surface area contributed by atoms with E-state index in [9.17, 15) is 14.7 Å². The smallest absolute Gasteiger partial charge is 0.336 e. The zero-order valence-electron chi connectivity index (χ0n) is 14.5. The first-order chi connectivity index (χ1) is 11.7. The Morgan fingerprint density at radius 2 is 2.04 bits per heavy atom. The Kier molecular flexibility index (Phi) is 4.16. The van der Waals surface area contributed by atoms with Gasteiger partial charge in [0.25, 0.3) is 0 Å². The fourth-order valence-electron chi connectivity index (χ4n) is 2.85. The summed E-state index contributed by atoms with van der Waals surface area (Å²) in [6, 6.07) is 6.17. The molecule has 1 N–H and O–H groups in total. The minimum atomic E-state index is -1.07. The number of benzene rings is 1. The number of ether oxygens (including phenoxy) is 2. The van der Waals surface area contributed by atoms with Gasteiger partial charge in [0.2, 0.25) is 0 Å². The van der Waals surface area contributed by atoms with Crippen molar-refractivity contribution >= 4 is 16.9 Å². The highest BCUT2D eigenvalue weighted by molar-refractivity contribution is 5.88. The normalized spacial score (nSPS) is 22.2. The molecule has 1 aromatic carbocycles. The third-order valence-corrected chi connectivity index (χ3v) is 4.40. The molecule has 6 heteroatoms. The first-order valence-electron chi connectivity index (χ1n) is 8.01. The summed E-state index contributed by atoms with van der Waals surface area (Å²) in [6.07, 6.45) is -0.297. The van der Waals surface area contributed by atoms with E-state index in [1.165, 1.54) is 6.07 Å². The number of aliphatic hydroxyl groups excluding tert-OH is 1. The molecule has 0 unspecified atom stereocenters. The minimum Gasteiger partial charge on any atom is -0.483 e. The molecule has 1 aliphatic heterocycles. The summed E-state index contributed by atoms with van der Waals surface area (Å²) in [5.74, 6) is -0.104. The lowest BCUT2D eigenvalue weighted by Gasteiger charge is -2.42. The Morgan fingerprint density at radius 1 is 1.32 bits per heavy atom. The number of rotatable bonds is 2. The standard InChI is InChI=1S/C19H20O6/c1-5-10(2)18(22)24-17-16(21)12-8-11-6-7-15(20)23-13(11)9-14(12)25-19(17,3)4/h5-9,16-17,21H,1-4H3/b10-5-/t16-,17+/m1/s1. The molecule has 2 atom stereocenters. The van der Waals surface area contributed by atoms with E-state index in [1.54, 1.807) is 52.0 Å². The summed E-state index contributed by atoms with van der Waals surface area (Å²) in [5, 5.41) is 11.5. The van der Waals surface area contributed by atoms with Crippen LogP contribution in [0.5, 0.6) is 5.75 Å². The predicted molar refractivity (Wildman–Crippen MR) is 91.5 cm³/mol. The van der Waals surface area contributed by atoms with Gasteiger partial charge in [0.15, 0.2) is 6.10 Å². The van der Waals surface area contributed by atoms with E-state index in [-0.39, 0.29) is 0 Å². The monoisotopic (exact) mass is 344 g/mol. The van der Waals surface area contributed by atoms with Crippen molar-refractivity contribution in [2.24, 2.45) is 0 Å². The molecule has 2 aromatic rings. The Bertz CT molecular complexity index is 921. The molecule has 2 heterocycles. The number of esters is 1. The number of hydrogen-bond donors (Lipinski definition) is 1. The molecule has 132 valence electrons. The fraction of sp³-hybridized carbons (Fsp3) is 0.368. The Morgan fingerprint density at radius 3 is 2.72 bits per heavy atom. The van der Waals surface area contributed by atoms with Gasteiger partial charge in [-0.1, -0.05) is 6.08 Å². The molecule has 3 rings (SSSR count). The van der Waals surface area contributed by atoms with Gasteiger partial charge in [-0.15, -0.1) is 0 Å². The average molecular weight is 344 g/mol. The Hall–Kier alpha value is -2.60. The van der Waals surface area contributed by atoms with Crippen molar-refractivity contribution in [3.63, 3.8) is 0 Å². The number of carbonyl (C=O) groups excluding carboxylic acids is 1. The maximum Gasteiger partial charge on any atom is 0.336 e. The molecule has 0 saturated heterocycles. The van der Waals surface area contributed by atoms with Crippen molar-refractivity contribution in [2.45, 2.75) is 45.5 Å². The highest BCUT2D eigenvalue weighted by atomic mass is 16.6. The maximum atomic E-state index is 12.1. The van der Waals surface area contributed by atoms with Crippen LogP contribution in [0, 0.1) is 0 Å². The minimum absolute atomic E-state index is 0.370. The highest BCUT2D eigenvalue weighted by Gasteiger charge is 2.46. The molecule has 0 radical (unpaired) electrons. The van der Waals surface area contributed by atoms with Gasteiger partial charge in [0, 0.05) is 28.7 Å². The summed E-state index contributed by atoms with van der Waals surface area (Å²) in [5.41, 5.74) is -0.115. The number of aliphatic hydroxyl groups is 1. The van der Waals surface area contributed by atoms with E-state index < -0.39 is 29.4 Å². The van der Waals surface area contributed by atoms with Gasteiger partial charge in [0.05, 0.1) is 0 Å². The molecule has 25 heavy (non-hydrogen) atoms. The molecule has 6 nitrogen and oxygen atoms in total.